The zero-order chi connectivity index (χ0) is 20.8. The number of likely N-dealkylation sites (N-methyl/N-ethyl adjacent to an activating group) is 1. The SMILES string of the molecule is CN1C(=CC(=O)COC(=O)C2CC3CCCC(C2)C3=O)C(C)(C)c2ccccc21. The Hall–Kier alpha value is -2.43. The summed E-state index contributed by atoms with van der Waals surface area (Å²) in [4.78, 5) is 39.3. The lowest BCUT2D eigenvalue weighted by Crippen LogP contribution is -2.39. The first kappa shape index (κ1) is 19.9. The first-order valence-electron chi connectivity index (χ1n) is 10.6. The van der Waals surface area contributed by atoms with Gasteiger partial charge < -0.3 is 9.64 Å². The van der Waals surface area contributed by atoms with Crippen molar-refractivity contribution < 1.29 is 19.1 Å². The highest BCUT2D eigenvalue weighted by atomic mass is 16.5. The summed E-state index contributed by atoms with van der Waals surface area (Å²) in [5, 5.41) is 0. The van der Waals surface area contributed by atoms with Crippen LogP contribution in [0.15, 0.2) is 36.0 Å². The van der Waals surface area contributed by atoms with Crippen LogP contribution in [0.5, 0.6) is 0 Å². The second-order valence-electron chi connectivity index (χ2n) is 9.20. The van der Waals surface area contributed by atoms with Crippen LogP contribution in [0.4, 0.5) is 5.69 Å². The number of carbonyl (C=O) groups is 3. The van der Waals surface area contributed by atoms with E-state index in [-0.39, 0.29) is 41.5 Å². The molecule has 0 N–H and O–H groups in total. The molecule has 0 amide bonds. The van der Waals surface area contributed by atoms with Gasteiger partial charge in [-0.3, -0.25) is 14.4 Å². The molecule has 4 rings (SSSR count). The Kier molecular flexibility index (Phi) is 5.09. The quantitative estimate of drug-likeness (QED) is 0.573. The van der Waals surface area contributed by atoms with Gasteiger partial charge in [0.25, 0.3) is 0 Å². The summed E-state index contributed by atoms with van der Waals surface area (Å²) in [6, 6.07) is 8.12. The molecule has 1 aromatic rings. The summed E-state index contributed by atoms with van der Waals surface area (Å²) in [7, 11) is 1.95. The van der Waals surface area contributed by atoms with Gasteiger partial charge in [0.2, 0.25) is 0 Å². The van der Waals surface area contributed by atoms with Gasteiger partial charge in [0.1, 0.15) is 5.78 Å². The summed E-state index contributed by atoms with van der Waals surface area (Å²) in [6.45, 7) is 3.94. The Balaban J connectivity index is 1.39. The van der Waals surface area contributed by atoms with Gasteiger partial charge in [-0.1, -0.05) is 38.5 Å². The van der Waals surface area contributed by atoms with E-state index in [0.717, 1.165) is 30.6 Å². The van der Waals surface area contributed by atoms with Crippen LogP contribution in [0.1, 0.15) is 51.5 Å². The minimum Gasteiger partial charge on any atom is -0.457 e. The maximum atomic E-state index is 12.6. The molecule has 2 saturated carbocycles. The van der Waals surface area contributed by atoms with E-state index in [1.807, 2.05) is 30.1 Å². The van der Waals surface area contributed by atoms with Gasteiger partial charge in [0.05, 0.1) is 5.92 Å². The van der Waals surface area contributed by atoms with E-state index in [4.69, 9.17) is 4.74 Å². The zero-order valence-corrected chi connectivity index (χ0v) is 17.4. The maximum Gasteiger partial charge on any atom is 0.309 e. The highest BCUT2D eigenvalue weighted by molar-refractivity contribution is 5.95. The summed E-state index contributed by atoms with van der Waals surface area (Å²) in [6.07, 6.45) is 5.59. The lowest BCUT2D eigenvalue weighted by molar-refractivity contribution is -0.155. The molecule has 0 radical (unpaired) electrons. The number of Topliss-reactive ketones (excluding diaryl/α,β-unsaturated/α-hetero) is 1. The van der Waals surface area contributed by atoms with Crippen molar-refractivity contribution in [3.05, 3.63) is 41.6 Å². The lowest BCUT2D eigenvalue weighted by Gasteiger charge is -2.36. The van der Waals surface area contributed by atoms with Crippen LogP contribution in [0, 0.1) is 17.8 Å². The van der Waals surface area contributed by atoms with E-state index in [1.54, 1.807) is 6.08 Å². The molecule has 1 heterocycles. The molecule has 2 aliphatic carbocycles. The minimum absolute atomic E-state index is 0.00399. The van der Waals surface area contributed by atoms with Crippen LogP contribution in [-0.4, -0.2) is 31.2 Å². The van der Waals surface area contributed by atoms with Crippen LogP contribution in [0.3, 0.4) is 0 Å². The third-order valence-electron chi connectivity index (χ3n) is 6.98. The van der Waals surface area contributed by atoms with Crippen molar-refractivity contribution in [2.24, 2.45) is 17.8 Å². The smallest absolute Gasteiger partial charge is 0.309 e. The van der Waals surface area contributed by atoms with E-state index >= 15 is 0 Å². The Bertz CT molecular complexity index is 869. The van der Waals surface area contributed by atoms with E-state index in [2.05, 4.69) is 19.9 Å². The number of ether oxygens (including phenoxy) is 1. The molecule has 5 heteroatoms. The minimum atomic E-state index is -0.330. The summed E-state index contributed by atoms with van der Waals surface area (Å²) < 4.78 is 5.37. The molecule has 29 heavy (non-hydrogen) atoms. The number of rotatable bonds is 4. The standard InChI is InChI=1S/C24H29NO4/c1-24(2)19-9-4-5-10-20(19)25(3)21(24)13-18(26)14-29-23(28)17-11-15-7-6-8-16(12-17)22(15)27/h4-5,9-10,13,15-17H,6-8,11-12,14H2,1-3H3. The van der Waals surface area contributed by atoms with Gasteiger partial charge in [-0.2, -0.15) is 0 Å². The number of benzene rings is 1. The number of allylic oxidation sites excluding steroid dienone is 1. The van der Waals surface area contributed by atoms with Gasteiger partial charge in [-0.25, -0.2) is 0 Å². The third-order valence-corrected chi connectivity index (χ3v) is 6.98. The number of para-hydroxylation sites is 1. The van der Waals surface area contributed by atoms with Crippen molar-refractivity contribution >= 4 is 23.2 Å². The Morgan fingerprint density at radius 3 is 2.48 bits per heavy atom. The van der Waals surface area contributed by atoms with Gasteiger partial charge >= 0.3 is 5.97 Å². The number of esters is 1. The van der Waals surface area contributed by atoms with Crippen molar-refractivity contribution in [3.63, 3.8) is 0 Å². The fourth-order valence-electron chi connectivity index (χ4n) is 5.39. The second-order valence-corrected chi connectivity index (χ2v) is 9.20. The average molecular weight is 395 g/mol. The van der Waals surface area contributed by atoms with Gasteiger partial charge in [0.15, 0.2) is 12.4 Å². The van der Waals surface area contributed by atoms with Gasteiger partial charge in [0, 0.05) is 41.8 Å². The molecule has 1 aromatic carbocycles. The van der Waals surface area contributed by atoms with Crippen molar-refractivity contribution in [2.75, 3.05) is 18.6 Å². The fourth-order valence-corrected chi connectivity index (χ4v) is 5.39. The summed E-state index contributed by atoms with van der Waals surface area (Å²) in [5.74, 6) is -0.462. The van der Waals surface area contributed by atoms with Crippen molar-refractivity contribution in [3.8, 4) is 0 Å². The third kappa shape index (κ3) is 3.52. The van der Waals surface area contributed by atoms with E-state index in [1.165, 1.54) is 5.56 Å². The van der Waals surface area contributed by atoms with E-state index < -0.39 is 0 Å². The van der Waals surface area contributed by atoms with Crippen LogP contribution in [0.2, 0.25) is 0 Å². The van der Waals surface area contributed by atoms with Gasteiger partial charge in [-0.15, -0.1) is 0 Å². The van der Waals surface area contributed by atoms with Crippen LogP contribution >= 0.6 is 0 Å². The van der Waals surface area contributed by atoms with Crippen LogP contribution in [-0.2, 0) is 24.5 Å². The number of nitrogens with zero attached hydrogens (tertiary/aromatic N) is 1. The zero-order valence-electron chi connectivity index (χ0n) is 17.4. The number of anilines is 1. The van der Waals surface area contributed by atoms with Crippen molar-refractivity contribution in [1.29, 1.82) is 0 Å². The largest absolute Gasteiger partial charge is 0.457 e. The number of hydrogen-bond acceptors (Lipinski definition) is 5. The Morgan fingerprint density at radius 1 is 1.17 bits per heavy atom. The average Bonchev–Trinajstić information content (AvgIpc) is 2.87. The first-order valence-corrected chi connectivity index (χ1v) is 10.6. The van der Waals surface area contributed by atoms with E-state index in [9.17, 15) is 14.4 Å². The molecular weight excluding hydrogens is 366 g/mol. The predicted octanol–water partition coefficient (Wildman–Crippen LogP) is 3.81. The maximum absolute atomic E-state index is 12.6. The molecule has 0 saturated heterocycles. The number of carbonyl (C=O) groups excluding carboxylic acids is 3. The summed E-state index contributed by atoms with van der Waals surface area (Å²) in [5.41, 5.74) is 2.88. The number of hydrogen-bond donors (Lipinski definition) is 0. The fraction of sp³-hybridized carbons (Fsp3) is 0.542. The first-order chi connectivity index (χ1) is 13.8. The normalized spacial score (nSPS) is 28.9. The highest BCUT2D eigenvalue weighted by Gasteiger charge is 2.42. The lowest BCUT2D eigenvalue weighted by atomic mass is 9.67. The second kappa shape index (κ2) is 7.43. The molecule has 0 aromatic heterocycles. The number of ketones is 2. The topological polar surface area (TPSA) is 63.7 Å². The Morgan fingerprint density at radius 2 is 1.83 bits per heavy atom. The van der Waals surface area contributed by atoms with Crippen LogP contribution in [0.25, 0.3) is 0 Å². The Labute approximate surface area is 172 Å². The molecule has 0 spiro atoms. The monoisotopic (exact) mass is 395 g/mol. The molecule has 2 bridgehead atoms. The molecule has 2 unspecified atom stereocenters. The highest BCUT2D eigenvalue weighted by Crippen LogP contribution is 2.46. The molecular formula is C24H29NO4. The molecule has 5 nitrogen and oxygen atoms in total. The number of fused-ring (bicyclic) bond motifs is 3. The van der Waals surface area contributed by atoms with E-state index in [0.29, 0.717) is 18.6 Å². The predicted molar refractivity (Wildman–Crippen MR) is 110 cm³/mol. The molecule has 3 aliphatic rings. The van der Waals surface area contributed by atoms with Crippen molar-refractivity contribution in [2.45, 2.75) is 51.4 Å². The van der Waals surface area contributed by atoms with Crippen LogP contribution < -0.4 is 4.90 Å². The molecule has 2 fully saturated rings. The van der Waals surface area contributed by atoms with Crippen molar-refractivity contribution in [1.82, 2.24) is 0 Å². The molecule has 1 aliphatic heterocycles. The molecule has 2 atom stereocenters. The van der Waals surface area contributed by atoms with Gasteiger partial charge in [-0.05, 0) is 37.3 Å². The molecule has 154 valence electrons. The summed E-state index contributed by atoms with van der Waals surface area (Å²) >= 11 is 0.